The Bertz CT molecular complexity index is 601. The Morgan fingerprint density at radius 3 is 2.32 bits per heavy atom. The van der Waals surface area contributed by atoms with Gasteiger partial charge in [-0.2, -0.15) is 0 Å². The molecule has 0 aromatic heterocycles. The summed E-state index contributed by atoms with van der Waals surface area (Å²) in [6, 6.07) is 7.60. The van der Waals surface area contributed by atoms with E-state index >= 15 is 0 Å². The quantitative estimate of drug-likeness (QED) is 0.747. The number of ether oxygens (including phenoxy) is 1. The molecule has 0 heterocycles. The van der Waals surface area contributed by atoms with Crippen molar-refractivity contribution in [3.8, 4) is 5.75 Å². The predicted octanol–water partition coefficient (Wildman–Crippen LogP) is 4.60. The van der Waals surface area contributed by atoms with Crippen molar-refractivity contribution >= 4 is 15.9 Å². The van der Waals surface area contributed by atoms with Crippen molar-refractivity contribution in [1.29, 1.82) is 0 Å². The molecule has 0 fully saturated rings. The summed E-state index contributed by atoms with van der Waals surface area (Å²) in [6.07, 6.45) is 0. The van der Waals surface area contributed by atoms with Crippen LogP contribution in [0.1, 0.15) is 16.0 Å². The van der Waals surface area contributed by atoms with Gasteiger partial charge in [0.05, 0.1) is 11.9 Å². The summed E-state index contributed by atoms with van der Waals surface area (Å²) in [5.41, 5.74) is 0.759. The van der Waals surface area contributed by atoms with E-state index in [4.69, 9.17) is 4.74 Å². The van der Waals surface area contributed by atoms with Crippen LogP contribution in [0, 0.1) is 17.5 Å². The van der Waals surface area contributed by atoms with Crippen LogP contribution >= 0.6 is 15.9 Å². The number of hydrogen-bond donors (Lipinski definition) is 0. The van der Waals surface area contributed by atoms with Crippen LogP contribution in [0.15, 0.2) is 36.4 Å². The molecular weight excluding hydrogens is 321 g/mol. The minimum atomic E-state index is -0.682. The highest BCUT2D eigenvalue weighted by atomic mass is 79.9. The maximum Gasteiger partial charge on any atom is 0.165 e. The number of methoxy groups -OCH3 is 1. The van der Waals surface area contributed by atoms with Crippen molar-refractivity contribution < 1.29 is 17.9 Å². The lowest BCUT2D eigenvalue weighted by Crippen LogP contribution is -1.99. The molecule has 0 aliphatic rings. The lowest BCUT2D eigenvalue weighted by molar-refractivity contribution is 0.386. The summed E-state index contributed by atoms with van der Waals surface area (Å²) in [5.74, 6) is -1.75. The van der Waals surface area contributed by atoms with E-state index in [9.17, 15) is 13.2 Å². The van der Waals surface area contributed by atoms with E-state index < -0.39 is 22.3 Å². The zero-order valence-electron chi connectivity index (χ0n) is 9.96. The van der Waals surface area contributed by atoms with Gasteiger partial charge in [0.2, 0.25) is 0 Å². The number of hydrogen-bond acceptors (Lipinski definition) is 1. The first-order valence-corrected chi connectivity index (χ1v) is 6.37. The van der Waals surface area contributed by atoms with E-state index in [1.807, 2.05) is 0 Å². The molecule has 1 atom stereocenters. The van der Waals surface area contributed by atoms with Crippen LogP contribution in [0.2, 0.25) is 0 Å². The topological polar surface area (TPSA) is 9.23 Å². The zero-order valence-corrected chi connectivity index (χ0v) is 11.5. The number of halogens is 4. The molecule has 0 aliphatic carbocycles. The molecule has 5 heteroatoms. The average Bonchev–Trinajstić information content (AvgIpc) is 2.38. The highest BCUT2D eigenvalue weighted by Gasteiger charge is 2.17. The number of rotatable bonds is 3. The van der Waals surface area contributed by atoms with Crippen molar-refractivity contribution in [1.82, 2.24) is 0 Å². The number of alkyl halides is 1. The Balaban J connectivity index is 2.38. The molecule has 0 saturated heterocycles. The van der Waals surface area contributed by atoms with Gasteiger partial charge in [0.25, 0.3) is 0 Å². The molecule has 0 aliphatic heterocycles. The fourth-order valence-corrected chi connectivity index (χ4v) is 2.38. The van der Waals surface area contributed by atoms with Crippen LogP contribution in [0.3, 0.4) is 0 Å². The Hall–Kier alpha value is -1.49. The fourth-order valence-electron chi connectivity index (χ4n) is 1.73. The molecule has 0 spiro atoms. The van der Waals surface area contributed by atoms with E-state index in [-0.39, 0.29) is 11.3 Å². The van der Waals surface area contributed by atoms with Gasteiger partial charge in [-0.1, -0.05) is 28.1 Å². The van der Waals surface area contributed by atoms with Gasteiger partial charge < -0.3 is 4.74 Å². The SMILES string of the molecule is COc1ccc(C(Br)c2ccc(F)cc2F)cc1F. The van der Waals surface area contributed by atoms with Crippen LogP contribution in [0.5, 0.6) is 5.75 Å². The normalized spacial score (nSPS) is 12.3. The van der Waals surface area contributed by atoms with Gasteiger partial charge in [0.1, 0.15) is 11.6 Å². The average molecular weight is 331 g/mol. The second-order valence-corrected chi connectivity index (χ2v) is 4.84. The van der Waals surface area contributed by atoms with Gasteiger partial charge in [-0.25, -0.2) is 13.2 Å². The first-order valence-electron chi connectivity index (χ1n) is 5.45. The summed E-state index contributed by atoms with van der Waals surface area (Å²) in [4.78, 5) is -0.562. The third-order valence-corrected chi connectivity index (χ3v) is 3.73. The molecule has 1 nitrogen and oxygen atoms in total. The maximum atomic E-state index is 13.6. The summed E-state index contributed by atoms with van der Waals surface area (Å²) in [6.45, 7) is 0. The van der Waals surface area contributed by atoms with Crippen molar-refractivity contribution in [3.05, 3.63) is 65.0 Å². The van der Waals surface area contributed by atoms with Crippen molar-refractivity contribution in [2.45, 2.75) is 4.83 Å². The van der Waals surface area contributed by atoms with Gasteiger partial charge in [0, 0.05) is 11.6 Å². The Morgan fingerprint density at radius 1 is 1.00 bits per heavy atom. The first-order chi connectivity index (χ1) is 9.02. The van der Waals surface area contributed by atoms with E-state index in [0.29, 0.717) is 5.56 Å². The molecular formula is C14H10BrF3O. The Labute approximate surface area is 117 Å². The predicted molar refractivity (Wildman–Crippen MR) is 70.1 cm³/mol. The highest BCUT2D eigenvalue weighted by Crippen LogP contribution is 2.34. The van der Waals surface area contributed by atoms with E-state index in [1.165, 1.54) is 25.3 Å². The fraction of sp³-hybridized carbons (Fsp3) is 0.143. The minimum Gasteiger partial charge on any atom is -0.494 e. The first kappa shape index (κ1) is 13.9. The molecule has 1 unspecified atom stereocenters. The maximum absolute atomic E-state index is 13.6. The van der Waals surface area contributed by atoms with Gasteiger partial charge in [-0.3, -0.25) is 0 Å². The van der Waals surface area contributed by atoms with Gasteiger partial charge in [0.15, 0.2) is 11.6 Å². The zero-order chi connectivity index (χ0) is 14.0. The highest BCUT2D eigenvalue weighted by molar-refractivity contribution is 9.09. The van der Waals surface area contributed by atoms with Crippen molar-refractivity contribution in [2.75, 3.05) is 7.11 Å². The standard InChI is InChI=1S/C14H10BrF3O/c1-19-13-5-2-8(6-12(13)18)14(15)10-4-3-9(16)7-11(10)17/h2-7,14H,1H3. The molecule has 0 bridgehead atoms. The summed E-state index contributed by atoms with van der Waals surface area (Å²) >= 11 is 3.28. The molecule has 0 N–H and O–H groups in total. The van der Waals surface area contributed by atoms with Gasteiger partial charge in [-0.05, 0) is 23.8 Å². The lowest BCUT2D eigenvalue weighted by atomic mass is 10.0. The van der Waals surface area contributed by atoms with Gasteiger partial charge >= 0.3 is 0 Å². The molecule has 2 rings (SSSR count). The van der Waals surface area contributed by atoms with E-state index in [2.05, 4.69) is 15.9 Å². The third kappa shape index (κ3) is 2.92. The summed E-state index contributed by atoms with van der Waals surface area (Å²) in [5, 5.41) is 0. The molecule has 2 aromatic carbocycles. The monoisotopic (exact) mass is 330 g/mol. The third-order valence-electron chi connectivity index (χ3n) is 2.70. The van der Waals surface area contributed by atoms with Crippen LogP contribution in [-0.4, -0.2) is 7.11 Å². The van der Waals surface area contributed by atoms with Crippen LogP contribution in [0.4, 0.5) is 13.2 Å². The van der Waals surface area contributed by atoms with Crippen LogP contribution in [-0.2, 0) is 0 Å². The second-order valence-electron chi connectivity index (χ2n) is 3.92. The van der Waals surface area contributed by atoms with Crippen LogP contribution < -0.4 is 4.74 Å². The molecule has 0 saturated carbocycles. The van der Waals surface area contributed by atoms with Crippen LogP contribution in [0.25, 0.3) is 0 Å². The smallest absolute Gasteiger partial charge is 0.165 e. The van der Waals surface area contributed by atoms with Crippen molar-refractivity contribution in [3.63, 3.8) is 0 Å². The summed E-state index contributed by atoms with van der Waals surface area (Å²) < 4.78 is 44.9. The largest absolute Gasteiger partial charge is 0.494 e. The molecule has 100 valence electrons. The molecule has 0 amide bonds. The Kier molecular flexibility index (Phi) is 4.14. The molecule has 2 aromatic rings. The lowest BCUT2D eigenvalue weighted by Gasteiger charge is -2.13. The summed E-state index contributed by atoms with van der Waals surface area (Å²) in [7, 11) is 1.36. The number of benzene rings is 2. The van der Waals surface area contributed by atoms with E-state index in [1.54, 1.807) is 6.07 Å². The Morgan fingerprint density at radius 2 is 1.74 bits per heavy atom. The molecule has 0 radical (unpaired) electrons. The minimum absolute atomic E-state index is 0.114. The van der Waals surface area contributed by atoms with Crippen molar-refractivity contribution in [2.24, 2.45) is 0 Å². The second kappa shape index (κ2) is 5.65. The van der Waals surface area contributed by atoms with E-state index in [0.717, 1.165) is 12.1 Å². The van der Waals surface area contributed by atoms with Gasteiger partial charge in [-0.15, -0.1) is 0 Å². The molecule has 19 heavy (non-hydrogen) atoms.